The summed E-state index contributed by atoms with van der Waals surface area (Å²) in [5, 5.41) is 1.46. The van der Waals surface area contributed by atoms with E-state index in [1.54, 1.807) is 12.3 Å². The zero-order chi connectivity index (χ0) is 12.3. The summed E-state index contributed by atoms with van der Waals surface area (Å²) in [6.45, 7) is 2.79. The lowest BCUT2D eigenvalue weighted by Crippen LogP contribution is -2.14. The normalized spacial score (nSPS) is 10.9. The highest BCUT2D eigenvalue weighted by Crippen LogP contribution is 2.13. The molecular formula is C11H13N3O2S. The van der Waals surface area contributed by atoms with Crippen molar-refractivity contribution < 1.29 is 4.74 Å². The Hall–Kier alpha value is -1.40. The summed E-state index contributed by atoms with van der Waals surface area (Å²) in [5.41, 5.74) is 1.01. The number of hydrogen-bond acceptors (Lipinski definition) is 5. The summed E-state index contributed by atoms with van der Waals surface area (Å²) in [6, 6.07) is 1.77. The molecule has 0 unspecified atom stereocenters. The number of hydrogen-bond donors (Lipinski definition) is 1. The second kappa shape index (κ2) is 5.29. The van der Waals surface area contributed by atoms with Gasteiger partial charge in [0.05, 0.1) is 6.61 Å². The molecule has 5 nitrogen and oxygen atoms in total. The molecule has 0 radical (unpaired) electrons. The van der Waals surface area contributed by atoms with E-state index in [1.165, 1.54) is 11.8 Å². The molecule has 0 aromatic carbocycles. The minimum Gasteiger partial charge on any atom is -0.377 e. The number of rotatable bonds is 4. The number of aromatic nitrogens is 3. The van der Waals surface area contributed by atoms with Crippen molar-refractivity contribution >= 4 is 22.8 Å². The first kappa shape index (κ1) is 12.1. The van der Waals surface area contributed by atoms with E-state index in [1.807, 2.05) is 13.2 Å². The van der Waals surface area contributed by atoms with Crippen LogP contribution in [0, 0.1) is 0 Å². The molecule has 0 amide bonds. The average molecular weight is 251 g/mol. The van der Waals surface area contributed by atoms with Gasteiger partial charge in [-0.05, 0) is 19.2 Å². The van der Waals surface area contributed by atoms with Crippen LogP contribution in [0.5, 0.6) is 0 Å². The van der Waals surface area contributed by atoms with E-state index in [0.717, 1.165) is 5.39 Å². The number of thioether (sulfide) groups is 1. The molecule has 0 saturated carbocycles. The van der Waals surface area contributed by atoms with Crippen LogP contribution in [0.2, 0.25) is 0 Å². The molecule has 0 bridgehead atoms. The van der Waals surface area contributed by atoms with E-state index in [4.69, 9.17) is 4.74 Å². The average Bonchev–Trinajstić information content (AvgIpc) is 2.35. The minimum atomic E-state index is -0.156. The summed E-state index contributed by atoms with van der Waals surface area (Å²) in [5.74, 6) is 0. The number of nitrogens with one attached hydrogen (secondary N) is 1. The molecule has 0 spiro atoms. The molecule has 0 fully saturated rings. The largest absolute Gasteiger partial charge is 0.377 e. The van der Waals surface area contributed by atoms with Crippen LogP contribution in [0.15, 0.2) is 22.2 Å². The van der Waals surface area contributed by atoms with Crippen LogP contribution in [0.25, 0.3) is 11.0 Å². The summed E-state index contributed by atoms with van der Waals surface area (Å²) >= 11 is 1.44. The second-order valence-electron chi connectivity index (χ2n) is 3.42. The van der Waals surface area contributed by atoms with Crippen molar-refractivity contribution in [1.29, 1.82) is 0 Å². The summed E-state index contributed by atoms with van der Waals surface area (Å²) in [7, 11) is 0. The zero-order valence-corrected chi connectivity index (χ0v) is 10.5. The van der Waals surface area contributed by atoms with Crippen LogP contribution in [-0.4, -0.2) is 27.8 Å². The highest BCUT2D eigenvalue weighted by Gasteiger charge is 2.05. The number of fused-ring (bicyclic) bond motifs is 1. The standard InChI is InChI=1S/C11H13N3O2S/c1-3-16-6-8-4-7-5-12-11(17-2)14-9(7)13-10(8)15/h4-5H,3,6H2,1-2H3,(H,12,13,14,15). The number of ether oxygens (including phenoxy) is 1. The third-order valence-corrected chi connectivity index (χ3v) is 2.85. The maximum atomic E-state index is 11.7. The van der Waals surface area contributed by atoms with Gasteiger partial charge in [-0.2, -0.15) is 0 Å². The molecule has 2 aromatic rings. The highest BCUT2D eigenvalue weighted by molar-refractivity contribution is 7.98. The monoisotopic (exact) mass is 251 g/mol. The Morgan fingerprint density at radius 2 is 2.35 bits per heavy atom. The van der Waals surface area contributed by atoms with E-state index in [2.05, 4.69) is 15.0 Å². The van der Waals surface area contributed by atoms with Crippen LogP contribution in [0.3, 0.4) is 0 Å². The van der Waals surface area contributed by atoms with E-state index < -0.39 is 0 Å². The summed E-state index contributed by atoms with van der Waals surface area (Å²) < 4.78 is 5.23. The Morgan fingerprint density at radius 1 is 1.53 bits per heavy atom. The third kappa shape index (κ3) is 2.65. The zero-order valence-electron chi connectivity index (χ0n) is 9.69. The quantitative estimate of drug-likeness (QED) is 0.660. The molecular weight excluding hydrogens is 238 g/mol. The predicted molar refractivity (Wildman–Crippen MR) is 67.3 cm³/mol. The number of H-pyrrole nitrogens is 1. The molecule has 2 heterocycles. The fourth-order valence-corrected chi connectivity index (χ4v) is 1.78. The van der Waals surface area contributed by atoms with E-state index >= 15 is 0 Å². The molecule has 1 N–H and O–H groups in total. The van der Waals surface area contributed by atoms with Crippen molar-refractivity contribution in [2.75, 3.05) is 12.9 Å². The lowest BCUT2D eigenvalue weighted by atomic mass is 10.2. The smallest absolute Gasteiger partial charge is 0.255 e. The second-order valence-corrected chi connectivity index (χ2v) is 4.19. The van der Waals surface area contributed by atoms with Gasteiger partial charge in [0.15, 0.2) is 5.16 Å². The first-order valence-electron chi connectivity index (χ1n) is 5.25. The number of nitrogens with zero attached hydrogens (tertiary/aromatic N) is 2. The topological polar surface area (TPSA) is 67.9 Å². The van der Waals surface area contributed by atoms with Crippen LogP contribution in [-0.2, 0) is 11.3 Å². The van der Waals surface area contributed by atoms with Gasteiger partial charge in [0, 0.05) is 23.8 Å². The van der Waals surface area contributed by atoms with Crippen molar-refractivity contribution in [3.63, 3.8) is 0 Å². The van der Waals surface area contributed by atoms with Gasteiger partial charge >= 0.3 is 0 Å². The molecule has 0 aliphatic heterocycles. The molecule has 0 aliphatic carbocycles. The fourth-order valence-electron chi connectivity index (χ4n) is 1.44. The van der Waals surface area contributed by atoms with Gasteiger partial charge in [-0.25, -0.2) is 9.97 Å². The molecule has 2 aromatic heterocycles. The third-order valence-electron chi connectivity index (χ3n) is 2.29. The van der Waals surface area contributed by atoms with Gasteiger partial charge in [-0.3, -0.25) is 4.79 Å². The number of aromatic amines is 1. The SMILES string of the molecule is CCOCc1cc2cnc(SC)nc2[nH]c1=O. The summed E-state index contributed by atoms with van der Waals surface area (Å²) in [4.78, 5) is 22.9. The van der Waals surface area contributed by atoms with Gasteiger partial charge < -0.3 is 9.72 Å². The van der Waals surface area contributed by atoms with Crippen molar-refractivity contribution in [2.24, 2.45) is 0 Å². The molecule has 2 rings (SSSR count). The Morgan fingerprint density at radius 3 is 3.06 bits per heavy atom. The Kier molecular flexibility index (Phi) is 3.75. The first-order chi connectivity index (χ1) is 8.24. The van der Waals surface area contributed by atoms with E-state index in [0.29, 0.717) is 29.6 Å². The van der Waals surface area contributed by atoms with Gasteiger partial charge in [0.2, 0.25) is 0 Å². The fraction of sp³-hybridized carbons (Fsp3) is 0.364. The Labute approximate surface area is 103 Å². The predicted octanol–water partition coefficient (Wildman–Crippen LogP) is 1.58. The highest BCUT2D eigenvalue weighted by atomic mass is 32.2. The maximum Gasteiger partial charge on any atom is 0.255 e. The van der Waals surface area contributed by atoms with Crippen molar-refractivity contribution in [2.45, 2.75) is 18.7 Å². The van der Waals surface area contributed by atoms with Gasteiger partial charge in [0.1, 0.15) is 5.65 Å². The minimum absolute atomic E-state index is 0.156. The van der Waals surface area contributed by atoms with Crippen molar-refractivity contribution in [3.05, 3.63) is 28.2 Å². The van der Waals surface area contributed by atoms with Crippen LogP contribution in [0.4, 0.5) is 0 Å². The summed E-state index contributed by atoms with van der Waals surface area (Å²) in [6.07, 6.45) is 3.60. The molecule has 17 heavy (non-hydrogen) atoms. The maximum absolute atomic E-state index is 11.7. The molecule has 0 saturated heterocycles. The van der Waals surface area contributed by atoms with Crippen LogP contribution < -0.4 is 5.56 Å². The molecule has 6 heteroatoms. The lowest BCUT2D eigenvalue weighted by molar-refractivity contribution is 0.133. The lowest BCUT2D eigenvalue weighted by Gasteiger charge is -2.03. The van der Waals surface area contributed by atoms with E-state index in [9.17, 15) is 4.79 Å². The van der Waals surface area contributed by atoms with Crippen molar-refractivity contribution in [3.8, 4) is 0 Å². The van der Waals surface area contributed by atoms with Gasteiger partial charge in [-0.1, -0.05) is 11.8 Å². The first-order valence-corrected chi connectivity index (χ1v) is 6.47. The Balaban J connectivity index is 2.47. The molecule has 0 aliphatic rings. The molecule has 0 atom stereocenters. The van der Waals surface area contributed by atoms with Gasteiger partial charge in [-0.15, -0.1) is 0 Å². The van der Waals surface area contributed by atoms with Crippen molar-refractivity contribution in [1.82, 2.24) is 15.0 Å². The molecule has 90 valence electrons. The van der Waals surface area contributed by atoms with Crippen LogP contribution in [0.1, 0.15) is 12.5 Å². The van der Waals surface area contributed by atoms with Crippen LogP contribution >= 0.6 is 11.8 Å². The Bertz CT molecular complexity index is 582. The van der Waals surface area contributed by atoms with E-state index in [-0.39, 0.29) is 5.56 Å². The number of pyridine rings is 1. The van der Waals surface area contributed by atoms with Gasteiger partial charge in [0.25, 0.3) is 5.56 Å².